The molecule has 144 valence electrons. The highest BCUT2D eigenvalue weighted by molar-refractivity contribution is 5.81. The van der Waals surface area contributed by atoms with Crippen molar-refractivity contribution in [2.45, 2.75) is 85.6 Å². The smallest absolute Gasteiger partial charge is 0.225 e. The van der Waals surface area contributed by atoms with Gasteiger partial charge in [-0.05, 0) is 49.9 Å². The average molecular weight is 351 g/mol. The van der Waals surface area contributed by atoms with Crippen LogP contribution in [0.5, 0.6) is 0 Å². The molecule has 0 radical (unpaired) electrons. The lowest BCUT2D eigenvalue weighted by molar-refractivity contribution is -0.138. The van der Waals surface area contributed by atoms with E-state index in [1.807, 2.05) is 18.7 Å². The van der Waals surface area contributed by atoms with Crippen molar-refractivity contribution in [2.75, 3.05) is 13.1 Å². The molecule has 1 saturated carbocycles. The van der Waals surface area contributed by atoms with Gasteiger partial charge in [-0.3, -0.25) is 9.59 Å². The van der Waals surface area contributed by atoms with E-state index in [-0.39, 0.29) is 23.7 Å². The second-order valence-corrected chi connectivity index (χ2v) is 9.15. The van der Waals surface area contributed by atoms with Gasteiger partial charge in [-0.15, -0.1) is 0 Å². The van der Waals surface area contributed by atoms with Gasteiger partial charge in [-0.25, -0.2) is 0 Å². The maximum atomic E-state index is 12.6. The fourth-order valence-corrected chi connectivity index (χ4v) is 4.35. The highest BCUT2D eigenvalue weighted by atomic mass is 16.2. The lowest BCUT2D eigenvalue weighted by atomic mass is 9.69. The summed E-state index contributed by atoms with van der Waals surface area (Å²) in [5, 5.41) is 3.30. The summed E-state index contributed by atoms with van der Waals surface area (Å²) < 4.78 is 0. The van der Waals surface area contributed by atoms with Crippen LogP contribution < -0.4 is 5.32 Å². The molecule has 0 aromatic heterocycles. The van der Waals surface area contributed by atoms with E-state index >= 15 is 0 Å². The summed E-state index contributed by atoms with van der Waals surface area (Å²) in [7, 11) is 0. The maximum absolute atomic E-state index is 12.6. The first kappa shape index (κ1) is 20.3. The van der Waals surface area contributed by atoms with E-state index in [4.69, 9.17) is 0 Å². The predicted octanol–water partition coefficient (Wildman–Crippen LogP) is 3.99. The first-order valence-electron chi connectivity index (χ1n) is 10.3. The molecular weight excluding hydrogens is 312 g/mol. The Kier molecular flexibility index (Phi) is 6.93. The molecule has 1 aliphatic carbocycles. The zero-order valence-corrected chi connectivity index (χ0v) is 16.9. The number of hydrogen-bond donors (Lipinski definition) is 1. The normalized spacial score (nSPS) is 25.9. The Bertz CT molecular complexity index is 457. The van der Waals surface area contributed by atoms with Crippen LogP contribution in [0.2, 0.25) is 0 Å². The Morgan fingerprint density at radius 2 is 1.60 bits per heavy atom. The summed E-state index contributed by atoms with van der Waals surface area (Å²) in [4.78, 5) is 26.6. The van der Waals surface area contributed by atoms with Crippen molar-refractivity contribution >= 4 is 11.8 Å². The number of nitrogens with zero attached hydrogens (tertiary/aromatic N) is 1. The lowest BCUT2D eigenvalue weighted by Gasteiger charge is -2.39. The fourth-order valence-electron chi connectivity index (χ4n) is 4.35. The zero-order valence-electron chi connectivity index (χ0n) is 16.9. The van der Waals surface area contributed by atoms with E-state index in [1.54, 1.807) is 0 Å². The van der Waals surface area contributed by atoms with Crippen molar-refractivity contribution in [3.05, 3.63) is 0 Å². The number of piperidine rings is 1. The Morgan fingerprint density at radius 1 is 1.04 bits per heavy atom. The number of carbonyl (C=O) groups excluding carboxylic acids is 2. The topological polar surface area (TPSA) is 49.4 Å². The first-order valence-corrected chi connectivity index (χ1v) is 10.3. The lowest BCUT2D eigenvalue weighted by Crippen LogP contribution is -2.47. The van der Waals surface area contributed by atoms with Gasteiger partial charge in [0.15, 0.2) is 0 Å². The van der Waals surface area contributed by atoms with Crippen molar-refractivity contribution in [1.82, 2.24) is 10.2 Å². The molecule has 0 atom stereocenters. The van der Waals surface area contributed by atoms with Crippen molar-refractivity contribution in [2.24, 2.45) is 23.2 Å². The minimum absolute atomic E-state index is 0.0490. The number of amides is 2. The van der Waals surface area contributed by atoms with Crippen LogP contribution in [0, 0.1) is 23.2 Å². The van der Waals surface area contributed by atoms with E-state index < -0.39 is 0 Å². The molecule has 0 bridgehead atoms. The minimum Gasteiger partial charge on any atom is -0.353 e. The van der Waals surface area contributed by atoms with E-state index in [2.05, 4.69) is 26.1 Å². The van der Waals surface area contributed by atoms with E-state index in [0.717, 1.165) is 44.7 Å². The molecule has 1 aliphatic heterocycles. The standard InChI is InChI=1S/C21H38N2O2/c1-6-21(4,5)17-7-9-18(10-8-17)22-19(24)16-11-13-23(14-12-16)20(25)15(2)3/h15-18H,6-14H2,1-5H3,(H,22,24). The fraction of sp³-hybridized carbons (Fsp3) is 0.905. The molecule has 25 heavy (non-hydrogen) atoms. The predicted molar refractivity (Wildman–Crippen MR) is 102 cm³/mol. The van der Waals surface area contributed by atoms with Crippen molar-refractivity contribution < 1.29 is 9.59 Å². The van der Waals surface area contributed by atoms with Crippen LogP contribution in [-0.4, -0.2) is 35.8 Å². The van der Waals surface area contributed by atoms with Crippen molar-refractivity contribution in [1.29, 1.82) is 0 Å². The molecule has 0 aromatic rings. The molecular formula is C21H38N2O2. The number of likely N-dealkylation sites (tertiary alicyclic amines) is 1. The summed E-state index contributed by atoms with van der Waals surface area (Å²) in [6.07, 6.45) is 7.53. The quantitative estimate of drug-likeness (QED) is 0.815. The summed E-state index contributed by atoms with van der Waals surface area (Å²) in [5.41, 5.74) is 0.421. The average Bonchev–Trinajstić information content (AvgIpc) is 2.61. The first-order chi connectivity index (χ1) is 11.7. The van der Waals surface area contributed by atoms with Gasteiger partial charge >= 0.3 is 0 Å². The third-order valence-electron chi connectivity index (χ3n) is 6.76. The Labute approximate surface area is 154 Å². The summed E-state index contributed by atoms with van der Waals surface area (Å²) in [6, 6.07) is 0.353. The van der Waals surface area contributed by atoms with Crippen LogP contribution in [0.3, 0.4) is 0 Å². The number of nitrogens with one attached hydrogen (secondary N) is 1. The van der Waals surface area contributed by atoms with Gasteiger partial charge in [0.2, 0.25) is 11.8 Å². The van der Waals surface area contributed by atoms with Crippen LogP contribution in [0.4, 0.5) is 0 Å². The Hall–Kier alpha value is -1.06. The molecule has 4 heteroatoms. The Balaban J connectivity index is 1.74. The maximum Gasteiger partial charge on any atom is 0.225 e. The van der Waals surface area contributed by atoms with Crippen LogP contribution in [0.25, 0.3) is 0 Å². The highest BCUT2D eigenvalue weighted by Crippen LogP contribution is 2.40. The number of carbonyl (C=O) groups is 2. The summed E-state index contributed by atoms with van der Waals surface area (Å²) in [6.45, 7) is 12.4. The van der Waals surface area contributed by atoms with Gasteiger partial charge in [0, 0.05) is 31.0 Å². The van der Waals surface area contributed by atoms with Crippen LogP contribution in [0.15, 0.2) is 0 Å². The third kappa shape index (κ3) is 5.21. The molecule has 0 aromatic carbocycles. The van der Waals surface area contributed by atoms with Crippen molar-refractivity contribution in [3.8, 4) is 0 Å². The summed E-state index contributed by atoms with van der Waals surface area (Å²) in [5.74, 6) is 1.36. The molecule has 0 spiro atoms. The van der Waals surface area contributed by atoms with E-state index in [1.165, 1.54) is 19.3 Å². The van der Waals surface area contributed by atoms with Crippen LogP contribution in [-0.2, 0) is 9.59 Å². The summed E-state index contributed by atoms with van der Waals surface area (Å²) >= 11 is 0. The molecule has 1 N–H and O–H groups in total. The van der Waals surface area contributed by atoms with Gasteiger partial charge in [0.1, 0.15) is 0 Å². The van der Waals surface area contributed by atoms with Gasteiger partial charge in [0.25, 0.3) is 0 Å². The zero-order chi connectivity index (χ0) is 18.6. The van der Waals surface area contributed by atoms with Gasteiger partial charge in [-0.1, -0.05) is 41.0 Å². The van der Waals surface area contributed by atoms with Crippen molar-refractivity contribution in [3.63, 3.8) is 0 Å². The van der Waals surface area contributed by atoms with Gasteiger partial charge < -0.3 is 10.2 Å². The van der Waals surface area contributed by atoms with Crippen LogP contribution >= 0.6 is 0 Å². The molecule has 1 heterocycles. The largest absolute Gasteiger partial charge is 0.353 e. The minimum atomic E-state index is 0.0490. The second-order valence-electron chi connectivity index (χ2n) is 9.15. The van der Waals surface area contributed by atoms with Gasteiger partial charge in [0.05, 0.1) is 0 Å². The molecule has 1 saturated heterocycles. The van der Waals surface area contributed by atoms with Crippen LogP contribution in [0.1, 0.15) is 79.6 Å². The molecule has 0 unspecified atom stereocenters. The molecule has 2 fully saturated rings. The second kappa shape index (κ2) is 8.55. The number of rotatable bonds is 5. The molecule has 2 aliphatic rings. The Morgan fingerprint density at radius 3 is 2.08 bits per heavy atom. The van der Waals surface area contributed by atoms with Gasteiger partial charge in [-0.2, -0.15) is 0 Å². The third-order valence-corrected chi connectivity index (χ3v) is 6.76. The number of hydrogen-bond acceptors (Lipinski definition) is 2. The molecule has 2 rings (SSSR count). The molecule has 2 amide bonds. The monoisotopic (exact) mass is 350 g/mol. The van der Waals surface area contributed by atoms with E-state index in [9.17, 15) is 9.59 Å². The SMILES string of the molecule is CCC(C)(C)C1CCC(NC(=O)C2CCN(C(=O)C(C)C)CC2)CC1. The molecule has 4 nitrogen and oxygen atoms in total. The highest BCUT2D eigenvalue weighted by Gasteiger charge is 2.34. The van der Waals surface area contributed by atoms with E-state index in [0.29, 0.717) is 11.5 Å².